The molecule has 0 saturated heterocycles. The van der Waals surface area contributed by atoms with Gasteiger partial charge in [-0.1, -0.05) is 150 Å². The fourth-order valence-corrected chi connectivity index (χ4v) is 10.2. The Labute approximate surface area is 302 Å². The van der Waals surface area contributed by atoms with Crippen molar-refractivity contribution in [3.05, 3.63) is 191 Å². The van der Waals surface area contributed by atoms with Crippen molar-refractivity contribution in [1.82, 2.24) is 4.57 Å². The van der Waals surface area contributed by atoms with Crippen LogP contribution in [0.4, 0.5) is 0 Å². The SMILES string of the molecule is C1=CC(C2=CC3=C(CC2)C2c4c(n(-c5ccc(-c6ccccc6)cc5)c5ccccc45)C=CC2C3CC2=CC(c3ccccc3)CC=C2)CCC1. The number of fused-ring (bicyclic) bond motifs is 6. The lowest BCUT2D eigenvalue weighted by atomic mass is 9.74. The van der Waals surface area contributed by atoms with Crippen molar-refractivity contribution >= 4 is 17.0 Å². The largest absolute Gasteiger partial charge is 0.310 e. The number of benzene rings is 4. The van der Waals surface area contributed by atoms with Crippen LogP contribution < -0.4 is 0 Å². The van der Waals surface area contributed by atoms with E-state index in [9.17, 15) is 0 Å². The van der Waals surface area contributed by atoms with E-state index in [0.29, 0.717) is 29.6 Å². The van der Waals surface area contributed by atoms with Gasteiger partial charge in [-0.3, -0.25) is 0 Å². The van der Waals surface area contributed by atoms with Crippen molar-refractivity contribution in [3.8, 4) is 16.8 Å². The molecule has 0 N–H and O–H groups in total. The van der Waals surface area contributed by atoms with E-state index in [2.05, 4.69) is 162 Å². The predicted molar refractivity (Wildman–Crippen MR) is 214 cm³/mol. The molecule has 0 radical (unpaired) electrons. The highest BCUT2D eigenvalue weighted by atomic mass is 15.0. The summed E-state index contributed by atoms with van der Waals surface area (Å²) in [6.45, 7) is 0. The molecule has 51 heavy (non-hydrogen) atoms. The molecule has 10 rings (SSSR count). The molecule has 5 aromatic rings. The van der Waals surface area contributed by atoms with Crippen molar-refractivity contribution in [3.63, 3.8) is 0 Å². The fourth-order valence-electron chi connectivity index (χ4n) is 10.2. The van der Waals surface area contributed by atoms with Gasteiger partial charge in [-0.15, -0.1) is 0 Å². The molecule has 1 heterocycles. The predicted octanol–water partition coefficient (Wildman–Crippen LogP) is 13.1. The van der Waals surface area contributed by atoms with Gasteiger partial charge in [-0.25, -0.2) is 0 Å². The van der Waals surface area contributed by atoms with Gasteiger partial charge in [0.15, 0.2) is 0 Å². The molecule has 0 saturated carbocycles. The van der Waals surface area contributed by atoms with Crippen LogP contribution >= 0.6 is 0 Å². The third-order valence-electron chi connectivity index (χ3n) is 12.5. The maximum Gasteiger partial charge on any atom is 0.0537 e. The topological polar surface area (TPSA) is 4.93 Å². The Hall–Kier alpha value is -5.14. The maximum atomic E-state index is 2.71. The molecule has 4 aromatic carbocycles. The van der Waals surface area contributed by atoms with Gasteiger partial charge >= 0.3 is 0 Å². The number of aromatic nitrogens is 1. The molecule has 5 atom stereocenters. The molecule has 0 spiro atoms. The average molecular weight is 660 g/mol. The number of hydrogen-bond donors (Lipinski definition) is 0. The summed E-state index contributed by atoms with van der Waals surface area (Å²) in [6.07, 6.45) is 28.6. The summed E-state index contributed by atoms with van der Waals surface area (Å²) in [6, 6.07) is 40.2. The van der Waals surface area contributed by atoms with Crippen LogP contribution in [0.3, 0.4) is 0 Å². The molecular formula is C50H45N. The maximum absolute atomic E-state index is 2.71. The highest BCUT2D eigenvalue weighted by molar-refractivity contribution is 5.92. The van der Waals surface area contributed by atoms with Gasteiger partial charge in [-0.05, 0) is 115 Å². The van der Waals surface area contributed by atoms with Gasteiger partial charge in [0.25, 0.3) is 0 Å². The highest BCUT2D eigenvalue weighted by Crippen LogP contribution is 2.59. The molecule has 0 fully saturated rings. The Kier molecular flexibility index (Phi) is 7.74. The summed E-state index contributed by atoms with van der Waals surface area (Å²) >= 11 is 0. The lowest BCUT2D eigenvalue weighted by molar-refractivity contribution is 0.452. The van der Waals surface area contributed by atoms with Crippen LogP contribution in [0.2, 0.25) is 0 Å². The number of para-hydroxylation sites is 1. The minimum Gasteiger partial charge on any atom is -0.310 e. The normalized spacial score (nSPS) is 25.0. The van der Waals surface area contributed by atoms with Crippen LogP contribution in [0, 0.1) is 17.8 Å². The summed E-state index contributed by atoms with van der Waals surface area (Å²) < 4.78 is 2.54. The Morgan fingerprint density at radius 2 is 1.47 bits per heavy atom. The molecule has 250 valence electrons. The molecule has 1 aromatic heterocycles. The minimum absolute atomic E-state index is 0.414. The monoisotopic (exact) mass is 659 g/mol. The Balaban J connectivity index is 1.08. The summed E-state index contributed by atoms with van der Waals surface area (Å²) in [5, 5.41) is 1.41. The van der Waals surface area contributed by atoms with Crippen LogP contribution in [-0.4, -0.2) is 4.57 Å². The molecule has 0 aliphatic heterocycles. The molecule has 1 nitrogen and oxygen atoms in total. The van der Waals surface area contributed by atoms with Crippen LogP contribution in [0.25, 0.3) is 33.8 Å². The fraction of sp³-hybridized carbons (Fsp3) is 0.240. The third kappa shape index (κ3) is 5.37. The van der Waals surface area contributed by atoms with Crippen LogP contribution in [0.1, 0.15) is 73.6 Å². The summed E-state index contributed by atoms with van der Waals surface area (Å²) in [5.41, 5.74) is 15.9. The van der Waals surface area contributed by atoms with Gasteiger partial charge in [0.1, 0.15) is 0 Å². The number of rotatable bonds is 6. The first-order valence-corrected chi connectivity index (χ1v) is 19.3. The molecule has 5 aliphatic carbocycles. The zero-order valence-corrected chi connectivity index (χ0v) is 29.3. The van der Waals surface area contributed by atoms with E-state index < -0.39 is 0 Å². The van der Waals surface area contributed by atoms with Gasteiger partial charge in [0.05, 0.1) is 11.2 Å². The second-order valence-electron chi connectivity index (χ2n) is 15.4. The van der Waals surface area contributed by atoms with E-state index in [0.717, 1.165) is 12.8 Å². The molecule has 5 aliphatic rings. The Morgan fingerprint density at radius 3 is 2.29 bits per heavy atom. The van der Waals surface area contributed by atoms with Crippen LogP contribution in [0.5, 0.6) is 0 Å². The van der Waals surface area contributed by atoms with Gasteiger partial charge in [-0.2, -0.15) is 0 Å². The first-order chi connectivity index (χ1) is 25.3. The highest BCUT2D eigenvalue weighted by Gasteiger charge is 2.46. The van der Waals surface area contributed by atoms with E-state index >= 15 is 0 Å². The lowest BCUT2D eigenvalue weighted by Gasteiger charge is -2.30. The number of allylic oxidation sites excluding steroid dienone is 11. The van der Waals surface area contributed by atoms with Crippen molar-refractivity contribution in [2.45, 2.75) is 56.8 Å². The average Bonchev–Trinajstić information content (AvgIpc) is 3.71. The Bertz CT molecular complexity index is 2290. The Morgan fingerprint density at radius 1 is 0.686 bits per heavy atom. The standard InChI is InChI=1S/C50H45N/c1-4-14-35(15-5-1)38-23-26-41(27-24-38)51-47-22-11-10-21-44(47)50-48(51)30-29-43-45(32-34-13-12-20-39(31-34)36-16-6-2-7-17-36)46-33-40(25-28-42(46)49(43)50)37-18-8-3-9-19-37/h1-2,4-8,10-18,21-24,26-27,29-31,33,37,39,43,45,49H,3,9,19-20,25,28,32H2. The lowest BCUT2D eigenvalue weighted by Crippen LogP contribution is -2.19. The van der Waals surface area contributed by atoms with Crippen molar-refractivity contribution in [1.29, 1.82) is 0 Å². The zero-order valence-electron chi connectivity index (χ0n) is 29.3. The third-order valence-corrected chi connectivity index (χ3v) is 12.5. The summed E-state index contributed by atoms with van der Waals surface area (Å²) in [7, 11) is 0. The molecule has 1 heteroatoms. The molecule has 0 amide bonds. The van der Waals surface area contributed by atoms with Crippen molar-refractivity contribution < 1.29 is 0 Å². The van der Waals surface area contributed by atoms with Gasteiger partial charge in [0.2, 0.25) is 0 Å². The smallest absolute Gasteiger partial charge is 0.0537 e. The summed E-state index contributed by atoms with van der Waals surface area (Å²) in [5.74, 6) is 2.43. The van der Waals surface area contributed by atoms with E-state index in [1.807, 2.05) is 0 Å². The minimum atomic E-state index is 0.414. The summed E-state index contributed by atoms with van der Waals surface area (Å²) in [4.78, 5) is 0. The van der Waals surface area contributed by atoms with Crippen LogP contribution in [-0.2, 0) is 0 Å². The van der Waals surface area contributed by atoms with Gasteiger partial charge in [0, 0.05) is 22.9 Å². The molecule has 0 bridgehead atoms. The second kappa shape index (κ2) is 12.9. The quantitative estimate of drug-likeness (QED) is 0.160. The van der Waals surface area contributed by atoms with E-state index in [1.54, 1.807) is 22.3 Å². The van der Waals surface area contributed by atoms with Crippen molar-refractivity contribution in [2.75, 3.05) is 0 Å². The first-order valence-electron chi connectivity index (χ1n) is 19.3. The van der Waals surface area contributed by atoms with Crippen molar-refractivity contribution in [2.24, 2.45) is 17.8 Å². The second-order valence-corrected chi connectivity index (χ2v) is 15.4. The van der Waals surface area contributed by atoms with Crippen LogP contribution in [0.15, 0.2) is 174 Å². The van der Waals surface area contributed by atoms with E-state index in [-0.39, 0.29) is 0 Å². The zero-order chi connectivity index (χ0) is 33.7. The van der Waals surface area contributed by atoms with Gasteiger partial charge < -0.3 is 4.57 Å². The van der Waals surface area contributed by atoms with E-state index in [4.69, 9.17) is 0 Å². The first kappa shape index (κ1) is 30.7. The van der Waals surface area contributed by atoms with E-state index in [1.165, 1.54) is 76.7 Å². The number of hydrogen-bond acceptors (Lipinski definition) is 0. The molecule has 5 unspecified atom stereocenters. The number of nitrogens with zero attached hydrogens (tertiary/aromatic N) is 1. The molecular weight excluding hydrogens is 615 g/mol.